The van der Waals surface area contributed by atoms with Crippen molar-refractivity contribution in [1.29, 1.82) is 0 Å². The molecule has 214 valence electrons. The van der Waals surface area contributed by atoms with Gasteiger partial charge in [0.1, 0.15) is 22.3 Å². The van der Waals surface area contributed by atoms with E-state index in [9.17, 15) is 0 Å². The van der Waals surface area contributed by atoms with Gasteiger partial charge >= 0.3 is 0 Å². The first-order valence-electron chi connectivity index (χ1n) is 15.7. The summed E-state index contributed by atoms with van der Waals surface area (Å²) < 4.78 is 12.7. The summed E-state index contributed by atoms with van der Waals surface area (Å²) >= 11 is 0. The van der Waals surface area contributed by atoms with Gasteiger partial charge in [-0.3, -0.25) is 0 Å². The minimum atomic E-state index is 0.845. The van der Waals surface area contributed by atoms with Gasteiger partial charge in [0.25, 0.3) is 0 Å². The standard InChI is InChI=1S/C44H26O2/c1-2-10-27(11-3-1)28-18-20-29(21-19-28)41-31-12-4-6-14-33(31)42(34-15-7-5-13-32(34)41)30-22-24-39-37(26-30)35-23-25-40-43(44(35)46-39)36-16-8-9-17-38(36)45-40/h1-26H. The fraction of sp³-hybridized carbons (Fsp3) is 0. The van der Waals surface area contributed by atoms with E-state index in [0.717, 1.165) is 43.9 Å². The summed E-state index contributed by atoms with van der Waals surface area (Å²) in [6.45, 7) is 0. The average molecular weight is 587 g/mol. The molecule has 0 aliphatic heterocycles. The van der Waals surface area contributed by atoms with Crippen molar-refractivity contribution in [1.82, 2.24) is 0 Å². The van der Waals surface area contributed by atoms with E-state index in [0.29, 0.717) is 0 Å². The monoisotopic (exact) mass is 586 g/mol. The van der Waals surface area contributed by atoms with Crippen molar-refractivity contribution in [3.8, 4) is 33.4 Å². The highest BCUT2D eigenvalue weighted by molar-refractivity contribution is 6.24. The summed E-state index contributed by atoms with van der Waals surface area (Å²) in [5, 5.41) is 9.27. The van der Waals surface area contributed by atoms with E-state index in [4.69, 9.17) is 8.83 Å². The minimum absolute atomic E-state index is 0.845. The summed E-state index contributed by atoms with van der Waals surface area (Å²) in [6, 6.07) is 56.2. The molecule has 0 radical (unpaired) electrons. The van der Waals surface area contributed by atoms with E-state index >= 15 is 0 Å². The molecule has 0 unspecified atom stereocenters. The Bertz CT molecular complexity index is 2720. The Morgan fingerprint density at radius 1 is 0.283 bits per heavy atom. The average Bonchev–Trinajstić information content (AvgIpc) is 3.69. The molecule has 0 saturated heterocycles. The van der Waals surface area contributed by atoms with Crippen LogP contribution in [-0.2, 0) is 0 Å². The fourth-order valence-electron chi connectivity index (χ4n) is 7.41. The lowest BCUT2D eigenvalue weighted by atomic mass is 9.85. The number of hydrogen-bond donors (Lipinski definition) is 0. The summed E-state index contributed by atoms with van der Waals surface area (Å²) in [7, 11) is 0. The molecule has 2 nitrogen and oxygen atoms in total. The quantitative estimate of drug-likeness (QED) is 0.193. The van der Waals surface area contributed by atoms with Gasteiger partial charge in [0.2, 0.25) is 0 Å². The van der Waals surface area contributed by atoms with Gasteiger partial charge in [-0.1, -0.05) is 127 Å². The molecule has 0 N–H and O–H groups in total. The number of rotatable bonds is 3. The Hall–Kier alpha value is -6.12. The molecule has 0 atom stereocenters. The van der Waals surface area contributed by atoms with Gasteiger partial charge in [0.15, 0.2) is 0 Å². The number of fused-ring (bicyclic) bond motifs is 9. The Balaban J connectivity index is 1.22. The van der Waals surface area contributed by atoms with Crippen LogP contribution in [0.4, 0.5) is 0 Å². The largest absolute Gasteiger partial charge is 0.456 e. The first-order valence-corrected chi connectivity index (χ1v) is 15.7. The van der Waals surface area contributed by atoms with Crippen molar-refractivity contribution in [2.75, 3.05) is 0 Å². The molecule has 10 rings (SSSR count). The maximum atomic E-state index is 6.56. The zero-order chi connectivity index (χ0) is 30.2. The van der Waals surface area contributed by atoms with Crippen LogP contribution in [-0.4, -0.2) is 0 Å². The normalized spacial score (nSPS) is 11.9. The van der Waals surface area contributed by atoms with E-state index in [2.05, 4.69) is 146 Å². The second-order valence-corrected chi connectivity index (χ2v) is 12.0. The molecule has 0 aliphatic rings. The molecule has 2 heteroatoms. The summed E-state index contributed by atoms with van der Waals surface area (Å²) in [6.07, 6.45) is 0. The molecule has 8 aromatic carbocycles. The molecular formula is C44H26O2. The molecule has 0 bridgehead atoms. The number of hydrogen-bond acceptors (Lipinski definition) is 2. The van der Waals surface area contributed by atoms with E-state index < -0.39 is 0 Å². The first kappa shape index (κ1) is 25.2. The van der Waals surface area contributed by atoms with Crippen molar-refractivity contribution in [3.05, 3.63) is 158 Å². The SMILES string of the molecule is c1ccc(-c2ccc(-c3c4ccccc4c(-c4ccc5oc6c(ccc7oc8ccccc8c76)c5c4)c4ccccc34)cc2)cc1. The Morgan fingerprint density at radius 3 is 1.48 bits per heavy atom. The zero-order valence-corrected chi connectivity index (χ0v) is 24.8. The van der Waals surface area contributed by atoms with Gasteiger partial charge in [-0.25, -0.2) is 0 Å². The first-order chi connectivity index (χ1) is 22.8. The third-order valence-electron chi connectivity index (χ3n) is 9.48. The fourth-order valence-corrected chi connectivity index (χ4v) is 7.41. The predicted octanol–water partition coefficient (Wildman–Crippen LogP) is 12.8. The lowest BCUT2D eigenvalue weighted by Gasteiger charge is -2.18. The number of furan rings is 2. The van der Waals surface area contributed by atoms with Gasteiger partial charge in [-0.15, -0.1) is 0 Å². The van der Waals surface area contributed by atoms with Crippen molar-refractivity contribution < 1.29 is 8.83 Å². The summed E-state index contributed by atoms with van der Waals surface area (Å²) in [5.74, 6) is 0. The molecule has 0 aliphatic carbocycles. The molecule has 2 aromatic heterocycles. The smallest absolute Gasteiger partial charge is 0.147 e. The van der Waals surface area contributed by atoms with Gasteiger partial charge in [0.05, 0.1) is 5.39 Å². The molecule has 10 aromatic rings. The third-order valence-corrected chi connectivity index (χ3v) is 9.48. The molecule has 2 heterocycles. The van der Waals surface area contributed by atoms with Crippen LogP contribution in [0.3, 0.4) is 0 Å². The van der Waals surface area contributed by atoms with Gasteiger partial charge in [-0.05, 0) is 85.3 Å². The lowest BCUT2D eigenvalue weighted by molar-refractivity contribution is 0.663. The van der Waals surface area contributed by atoms with Gasteiger partial charge in [-0.2, -0.15) is 0 Å². The minimum Gasteiger partial charge on any atom is -0.456 e. The van der Waals surface area contributed by atoms with E-state index in [1.807, 2.05) is 12.1 Å². The highest BCUT2D eigenvalue weighted by Gasteiger charge is 2.19. The van der Waals surface area contributed by atoms with Crippen molar-refractivity contribution in [2.45, 2.75) is 0 Å². The van der Waals surface area contributed by atoms with E-state index in [1.54, 1.807) is 0 Å². The number of benzene rings is 8. The van der Waals surface area contributed by atoms with Gasteiger partial charge in [0, 0.05) is 16.2 Å². The van der Waals surface area contributed by atoms with Crippen molar-refractivity contribution in [2.24, 2.45) is 0 Å². The zero-order valence-electron chi connectivity index (χ0n) is 24.8. The van der Waals surface area contributed by atoms with Crippen LogP contribution in [0.25, 0.3) is 98.8 Å². The third kappa shape index (κ3) is 3.65. The highest BCUT2D eigenvalue weighted by atomic mass is 16.3. The van der Waals surface area contributed by atoms with Crippen LogP contribution < -0.4 is 0 Å². The highest BCUT2D eigenvalue weighted by Crippen LogP contribution is 2.46. The maximum absolute atomic E-state index is 6.56. The molecular weight excluding hydrogens is 560 g/mol. The van der Waals surface area contributed by atoms with Crippen LogP contribution in [0.15, 0.2) is 167 Å². The van der Waals surface area contributed by atoms with Crippen LogP contribution in [0, 0.1) is 0 Å². The molecule has 46 heavy (non-hydrogen) atoms. The Morgan fingerprint density at radius 2 is 0.783 bits per heavy atom. The van der Waals surface area contributed by atoms with Crippen molar-refractivity contribution in [3.63, 3.8) is 0 Å². The maximum Gasteiger partial charge on any atom is 0.147 e. The van der Waals surface area contributed by atoms with E-state index in [-0.39, 0.29) is 0 Å². The molecule has 0 spiro atoms. The van der Waals surface area contributed by atoms with Crippen LogP contribution in [0.2, 0.25) is 0 Å². The topological polar surface area (TPSA) is 26.3 Å². The van der Waals surface area contributed by atoms with Crippen LogP contribution in [0.1, 0.15) is 0 Å². The molecule has 0 fully saturated rings. The van der Waals surface area contributed by atoms with Crippen LogP contribution >= 0.6 is 0 Å². The Labute approximate surface area is 264 Å². The predicted molar refractivity (Wildman–Crippen MR) is 192 cm³/mol. The molecule has 0 saturated carbocycles. The summed E-state index contributed by atoms with van der Waals surface area (Å²) in [4.78, 5) is 0. The van der Waals surface area contributed by atoms with Crippen molar-refractivity contribution >= 4 is 65.4 Å². The molecule has 0 amide bonds. The number of para-hydroxylation sites is 1. The lowest BCUT2D eigenvalue weighted by Crippen LogP contribution is -1.91. The van der Waals surface area contributed by atoms with E-state index in [1.165, 1.54) is 54.9 Å². The Kier molecular flexibility index (Phi) is 5.31. The second-order valence-electron chi connectivity index (χ2n) is 12.0. The summed E-state index contributed by atoms with van der Waals surface area (Å²) in [5.41, 5.74) is 10.8. The van der Waals surface area contributed by atoms with Crippen LogP contribution in [0.5, 0.6) is 0 Å². The second kappa shape index (κ2) is 9.69. The van der Waals surface area contributed by atoms with Gasteiger partial charge < -0.3 is 8.83 Å².